The van der Waals surface area contributed by atoms with E-state index in [2.05, 4.69) is 35.3 Å². The Morgan fingerprint density at radius 2 is 2.08 bits per heavy atom. The molecule has 5 nitrogen and oxygen atoms in total. The van der Waals surface area contributed by atoms with Gasteiger partial charge in [0.25, 0.3) is 0 Å². The summed E-state index contributed by atoms with van der Waals surface area (Å²) in [5.41, 5.74) is 4.52. The lowest BCUT2D eigenvalue weighted by atomic mass is 10.0. The van der Waals surface area contributed by atoms with Gasteiger partial charge in [0.15, 0.2) is 0 Å². The molecule has 0 saturated carbocycles. The van der Waals surface area contributed by atoms with Crippen molar-refractivity contribution in [1.82, 2.24) is 10.3 Å². The third-order valence-electron chi connectivity index (χ3n) is 4.57. The molecule has 24 heavy (non-hydrogen) atoms. The van der Waals surface area contributed by atoms with Crippen molar-refractivity contribution in [3.05, 3.63) is 35.5 Å². The average Bonchev–Trinajstić information content (AvgIpc) is 2.65. The van der Waals surface area contributed by atoms with Crippen LogP contribution in [0.1, 0.15) is 24.6 Å². The van der Waals surface area contributed by atoms with E-state index in [4.69, 9.17) is 9.72 Å². The summed E-state index contributed by atoms with van der Waals surface area (Å²) in [5.74, 6) is -0.194. The van der Waals surface area contributed by atoms with E-state index in [1.165, 1.54) is 23.7 Å². The maximum atomic E-state index is 11.4. The van der Waals surface area contributed by atoms with Gasteiger partial charge in [-0.1, -0.05) is 13.0 Å². The Labute approximate surface area is 143 Å². The maximum absolute atomic E-state index is 11.4. The Morgan fingerprint density at radius 3 is 2.79 bits per heavy atom. The molecule has 2 aromatic rings. The molecule has 1 fully saturated rings. The first-order chi connectivity index (χ1) is 11.7. The molecule has 1 saturated heterocycles. The molecule has 0 unspecified atom stereocenters. The Hall–Kier alpha value is -2.14. The van der Waals surface area contributed by atoms with Crippen LogP contribution in [0.25, 0.3) is 10.9 Å². The maximum Gasteiger partial charge on any atom is 0.305 e. The third kappa shape index (κ3) is 3.67. The second-order valence-electron chi connectivity index (χ2n) is 6.16. The molecule has 1 aliphatic heterocycles. The lowest BCUT2D eigenvalue weighted by molar-refractivity contribution is -0.140. The van der Waals surface area contributed by atoms with Gasteiger partial charge in [0.2, 0.25) is 0 Å². The number of nitrogens with one attached hydrogen (secondary N) is 1. The van der Waals surface area contributed by atoms with E-state index in [1.54, 1.807) is 0 Å². The summed E-state index contributed by atoms with van der Waals surface area (Å²) in [6, 6.07) is 8.63. The van der Waals surface area contributed by atoms with E-state index in [0.29, 0.717) is 12.8 Å². The lowest BCUT2D eigenvalue weighted by Gasteiger charge is -2.30. The molecule has 128 valence electrons. The van der Waals surface area contributed by atoms with Crippen LogP contribution in [0, 0.1) is 0 Å². The number of nitrogens with zero attached hydrogens (tertiary/aromatic N) is 2. The normalized spacial score (nSPS) is 14.8. The number of hydrogen-bond acceptors (Lipinski definition) is 5. The van der Waals surface area contributed by atoms with E-state index in [1.807, 2.05) is 6.07 Å². The highest BCUT2D eigenvalue weighted by molar-refractivity contribution is 5.92. The van der Waals surface area contributed by atoms with E-state index in [-0.39, 0.29) is 5.97 Å². The minimum Gasteiger partial charge on any atom is -0.469 e. The lowest BCUT2D eigenvalue weighted by Crippen LogP contribution is -2.43. The van der Waals surface area contributed by atoms with Crippen LogP contribution in [0.4, 0.5) is 5.69 Å². The van der Waals surface area contributed by atoms with Gasteiger partial charge in [-0.05, 0) is 30.2 Å². The smallest absolute Gasteiger partial charge is 0.305 e. The molecule has 5 heteroatoms. The van der Waals surface area contributed by atoms with Crippen molar-refractivity contribution >= 4 is 22.6 Å². The summed E-state index contributed by atoms with van der Waals surface area (Å²) < 4.78 is 4.73. The van der Waals surface area contributed by atoms with Crippen molar-refractivity contribution in [2.75, 3.05) is 38.2 Å². The monoisotopic (exact) mass is 327 g/mol. The molecule has 1 aliphatic rings. The van der Waals surface area contributed by atoms with Gasteiger partial charge < -0.3 is 15.0 Å². The predicted octanol–water partition coefficient (Wildman–Crippen LogP) is 2.31. The second-order valence-corrected chi connectivity index (χ2v) is 6.16. The average molecular weight is 327 g/mol. The number of hydrogen-bond donors (Lipinski definition) is 1. The van der Waals surface area contributed by atoms with Crippen LogP contribution in [0.2, 0.25) is 0 Å². The molecule has 3 rings (SSSR count). The molecular formula is C19H25N3O2. The minimum atomic E-state index is -0.194. The zero-order valence-electron chi connectivity index (χ0n) is 14.5. The van der Waals surface area contributed by atoms with Gasteiger partial charge in [-0.15, -0.1) is 0 Å². The van der Waals surface area contributed by atoms with E-state index >= 15 is 0 Å². The summed E-state index contributed by atoms with van der Waals surface area (Å²) in [5, 5.41) is 4.57. The first-order valence-electron chi connectivity index (χ1n) is 8.66. The molecular weight excluding hydrogens is 302 g/mol. The Morgan fingerprint density at radius 1 is 1.29 bits per heavy atom. The molecule has 0 radical (unpaired) electrons. The molecule has 0 aliphatic carbocycles. The number of esters is 1. The number of anilines is 1. The van der Waals surface area contributed by atoms with Crippen LogP contribution in [0.5, 0.6) is 0 Å². The topological polar surface area (TPSA) is 54.5 Å². The number of pyridine rings is 1. The third-order valence-corrected chi connectivity index (χ3v) is 4.57. The summed E-state index contributed by atoms with van der Waals surface area (Å²) in [6.45, 7) is 6.17. The van der Waals surface area contributed by atoms with E-state index in [0.717, 1.165) is 43.8 Å². The minimum absolute atomic E-state index is 0.194. The molecule has 0 spiro atoms. The highest BCUT2D eigenvalue weighted by atomic mass is 16.5. The van der Waals surface area contributed by atoms with Gasteiger partial charge in [0.05, 0.1) is 24.7 Å². The standard InChI is InChI=1S/C19H25N3O2/c1-3-14-12-15-4-5-16(6-7-18(23)24-2)21-19(15)17(13-14)22-10-8-20-9-11-22/h4-5,12-13,20H,3,6-11H2,1-2H3. The number of carbonyl (C=O) groups excluding carboxylic acids is 1. The second kappa shape index (κ2) is 7.62. The molecule has 1 aromatic heterocycles. The number of benzene rings is 1. The molecule has 0 atom stereocenters. The number of carbonyl (C=O) groups is 1. The van der Waals surface area contributed by atoms with Crippen LogP contribution >= 0.6 is 0 Å². The number of aryl methyl sites for hydroxylation is 2. The number of fused-ring (bicyclic) bond motifs is 1. The summed E-state index contributed by atoms with van der Waals surface area (Å²) in [4.78, 5) is 18.7. The Kier molecular flexibility index (Phi) is 5.30. The predicted molar refractivity (Wildman–Crippen MR) is 96.5 cm³/mol. The van der Waals surface area contributed by atoms with Gasteiger partial charge in [0.1, 0.15) is 0 Å². The van der Waals surface area contributed by atoms with Crippen molar-refractivity contribution in [2.24, 2.45) is 0 Å². The largest absolute Gasteiger partial charge is 0.469 e. The quantitative estimate of drug-likeness (QED) is 0.854. The van der Waals surface area contributed by atoms with Crippen molar-refractivity contribution in [3.63, 3.8) is 0 Å². The zero-order chi connectivity index (χ0) is 16.9. The van der Waals surface area contributed by atoms with Gasteiger partial charge >= 0.3 is 5.97 Å². The first kappa shape index (κ1) is 16.7. The molecule has 0 amide bonds. The SMILES string of the molecule is CCc1cc(N2CCNCC2)c2nc(CCC(=O)OC)ccc2c1. The number of methoxy groups -OCH3 is 1. The van der Waals surface area contributed by atoms with Gasteiger partial charge in [-0.3, -0.25) is 9.78 Å². The van der Waals surface area contributed by atoms with Crippen LogP contribution in [-0.4, -0.2) is 44.2 Å². The fourth-order valence-electron chi connectivity index (χ4n) is 3.14. The molecule has 1 aromatic carbocycles. The number of piperazine rings is 1. The van der Waals surface area contributed by atoms with Crippen LogP contribution in [0.3, 0.4) is 0 Å². The number of rotatable bonds is 5. The van der Waals surface area contributed by atoms with Gasteiger partial charge in [-0.25, -0.2) is 0 Å². The van der Waals surface area contributed by atoms with Crippen molar-refractivity contribution in [1.29, 1.82) is 0 Å². The van der Waals surface area contributed by atoms with Crippen LogP contribution < -0.4 is 10.2 Å². The highest BCUT2D eigenvalue weighted by Crippen LogP contribution is 2.28. The summed E-state index contributed by atoms with van der Waals surface area (Å²) in [6.07, 6.45) is 1.99. The van der Waals surface area contributed by atoms with Crippen molar-refractivity contribution in [3.8, 4) is 0 Å². The fourth-order valence-corrected chi connectivity index (χ4v) is 3.14. The molecule has 1 N–H and O–H groups in total. The van der Waals surface area contributed by atoms with Crippen LogP contribution in [0.15, 0.2) is 24.3 Å². The number of ether oxygens (including phenoxy) is 1. The van der Waals surface area contributed by atoms with Gasteiger partial charge in [-0.2, -0.15) is 0 Å². The zero-order valence-corrected chi connectivity index (χ0v) is 14.5. The molecule has 0 bridgehead atoms. The van der Waals surface area contributed by atoms with Crippen LogP contribution in [-0.2, 0) is 22.4 Å². The number of aromatic nitrogens is 1. The van der Waals surface area contributed by atoms with E-state index < -0.39 is 0 Å². The van der Waals surface area contributed by atoms with Crippen molar-refractivity contribution < 1.29 is 9.53 Å². The van der Waals surface area contributed by atoms with E-state index in [9.17, 15) is 4.79 Å². The summed E-state index contributed by atoms with van der Waals surface area (Å²) in [7, 11) is 1.42. The Bertz CT molecular complexity index is 724. The highest BCUT2D eigenvalue weighted by Gasteiger charge is 2.16. The molecule has 2 heterocycles. The van der Waals surface area contributed by atoms with Gasteiger partial charge in [0, 0.05) is 43.7 Å². The summed E-state index contributed by atoms with van der Waals surface area (Å²) >= 11 is 0. The fraction of sp³-hybridized carbons (Fsp3) is 0.474. The first-order valence-corrected chi connectivity index (χ1v) is 8.66. The van der Waals surface area contributed by atoms with Crippen molar-refractivity contribution in [2.45, 2.75) is 26.2 Å². The Balaban J connectivity index is 1.97.